The van der Waals surface area contributed by atoms with E-state index in [1.807, 2.05) is 56.6 Å². The highest BCUT2D eigenvalue weighted by Gasteiger charge is 2.39. The molecule has 0 spiro atoms. The van der Waals surface area contributed by atoms with E-state index in [1.165, 1.54) is 4.90 Å². The van der Waals surface area contributed by atoms with Crippen molar-refractivity contribution in [1.82, 2.24) is 35.8 Å². The van der Waals surface area contributed by atoms with E-state index in [2.05, 4.69) is 37.8 Å². The summed E-state index contributed by atoms with van der Waals surface area (Å²) in [5.74, 6) is 4.80. The Morgan fingerprint density at radius 2 is 1.79 bits per heavy atom. The average Bonchev–Trinajstić information content (AvgIpc) is 3.78. The summed E-state index contributed by atoms with van der Waals surface area (Å²) in [6, 6.07) is 19.8. The number of hydrogen-bond acceptors (Lipinski definition) is 8. The Balaban J connectivity index is 0.00000155. The molecule has 4 N–H and O–H groups in total. The first-order valence-corrected chi connectivity index (χ1v) is 18.3. The standard InChI is InChI=1S/C41H29ClN6O5.C2H7N/c42-33-16-26(15-30-27(22-49)19-46-38(30)33)28-8-4-7-24-17-35(45-20-31(24)28)25-10-11-34(44-18-25)39(51)43-14-2-1-5-23-6-3-9-29-32(23)21-48(41(29)53)36-12-13-37(50)47-40(36)52;1-3-2/h3-4,6-11,15-20,22,36,46H,2,12-14,21H2,(H,43,51)(H,47,50,52);3H,1-2H3. The van der Waals surface area contributed by atoms with Crippen LogP contribution in [0.25, 0.3) is 44.1 Å². The van der Waals surface area contributed by atoms with Gasteiger partial charge in [0.2, 0.25) is 11.8 Å². The number of rotatable bonds is 7. The SMILES string of the molecule is CNC.O=Cc1c[nH]c2c(Cl)cc(-c3cccc4cc(-c5ccc(C(=O)NCCC#Cc6cccc7c6CN(C6CCC(=O)NC6=O)C7=O)nc5)ncc34)cc12. The highest BCUT2D eigenvalue weighted by Crippen LogP contribution is 2.36. The second kappa shape index (κ2) is 16.4. The summed E-state index contributed by atoms with van der Waals surface area (Å²) in [6.45, 7) is 0.531. The number of pyridine rings is 2. The molecule has 8 rings (SSSR count). The van der Waals surface area contributed by atoms with Crippen LogP contribution in [0.5, 0.6) is 0 Å². The van der Waals surface area contributed by atoms with Crippen LogP contribution in [0.4, 0.5) is 0 Å². The minimum Gasteiger partial charge on any atom is -0.359 e. The van der Waals surface area contributed by atoms with Crippen LogP contribution in [0.1, 0.15) is 61.6 Å². The quantitative estimate of drug-likeness (QED) is 0.0698. The minimum atomic E-state index is -0.693. The zero-order chi connectivity index (χ0) is 39.3. The van der Waals surface area contributed by atoms with E-state index >= 15 is 0 Å². The van der Waals surface area contributed by atoms with Gasteiger partial charge < -0.3 is 20.5 Å². The molecular weight excluding hydrogens is 730 g/mol. The van der Waals surface area contributed by atoms with E-state index in [0.29, 0.717) is 52.3 Å². The second-order valence-electron chi connectivity index (χ2n) is 13.3. The smallest absolute Gasteiger partial charge is 0.269 e. The van der Waals surface area contributed by atoms with Crippen LogP contribution in [0.2, 0.25) is 5.02 Å². The van der Waals surface area contributed by atoms with Gasteiger partial charge in [-0.3, -0.25) is 39.3 Å². The fourth-order valence-electron chi connectivity index (χ4n) is 6.91. The van der Waals surface area contributed by atoms with Crippen LogP contribution in [-0.2, 0) is 16.1 Å². The van der Waals surface area contributed by atoms with E-state index < -0.39 is 11.9 Å². The Labute approximate surface area is 327 Å². The van der Waals surface area contributed by atoms with Gasteiger partial charge in [0.25, 0.3) is 11.8 Å². The first-order valence-electron chi connectivity index (χ1n) is 17.9. The molecule has 6 aromatic rings. The van der Waals surface area contributed by atoms with Crippen LogP contribution in [-0.4, -0.2) is 76.4 Å². The van der Waals surface area contributed by atoms with Crippen molar-refractivity contribution in [3.05, 3.63) is 118 Å². The van der Waals surface area contributed by atoms with Crippen LogP contribution >= 0.6 is 11.6 Å². The molecule has 2 aliphatic rings. The lowest BCUT2D eigenvalue weighted by molar-refractivity contribution is -0.136. The van der Waals surface area contributed by atoms with Gasteiger partial charge in [-0.1, -0.05) is 47.7 Å². The normalized spacial score (nSPS) is 14.7. The number of fused-ring (bicyclic) bond motifs is 3. The van der Waals surface area contributed by atoms with Gasteiger partial charge >= 0.3 is 0 Å². The molecule has 280 valence electrons. The molecule has 1 fully saturated rings. The second-order valence-corrected chi connectivity index (χ2v) is 13.7. The Bertz CT molecular complexity index is 2610. The molecule has 0 radical (unpaired) electrons. The molecule has 3 aromatic heterocycles. The average molecular weight is 766 g/mol. The Hall–Kier alpha value is -6.68. The van der Waals surface area contributed by atoms with Crippen molar-refractivity contribution in [3.63, 3.8) is 0 Å². The zero-order valence-corrected chi connectivity index (χ0v) is 31.3. The van der Waals surface area contributed by atoms with Gasteiger partial charge in [-0.15, -0.1) is 0 Å². The lowest BCUT2D eigenvalue weighted by Gasteiger charge is -2.29. The Kier molecular flexibility index (Phi) is 11.0. The van der Waals surface area contributed by atoms with Gasteiger partial charge in [-0.25, -0.2) is 0 Å². The number of H-pyrrole nitrogens is 1. The summed E-state index contributed by atoms with van der Waals surface area (Å²) in [5, 5.41) is 11.1. The number of imide groups is 1. The van der Waals surface area contributed by atoms with Gasteiger partial charge in [-0.05, 0) is 85.1 Å². The molecule has 1 saturated heterocycles. The molecule has 12 nitrogen and oxygen atoms in total. The van der Waals surface area contributed by atoms with Crippen molar-refractivity contribution < 1.29 is 24.0 Å². The monoisotopic (exact) mass is 765 g/mol. The third-order valence-electron chi connectivity index (χ3n) is 9.61. The summed E-state index contributed by atoms with van der Waals surface area (Å²) in [6.07, 6.45) is 6.71. The summed E-state index contributed by atoms with van der Waals surface area (Å²) < 4.78 is 0. The largest absolute Gasteiger partial charge is 0.359 e. The molecule has 5 heterocycles. The van der Waals surface area contributed by atoms with E-state index in [4.69, 9.17) is 16.6 Å². The summed E-state index contributed by atoms with van der Waals surface area (Å²) >= 11 is 6.56. The number of nitrogens with zero attached hydrogens (tertiary/aromatic N) is 3. The number of nitrogens with one attached hydrogen (secondary N) is 4. The first-order chi connectivity index (χ1) is 27.2. The Morgan fingerprint density at radius 3 is 2.55 bits per heavy atom. The highest BCUT2D eigenvalue weighted by molar-refractivity contribution is 6.36. The molecule has 0 saturated carbocycles. The molecular formula is C43H36ClN7O5. The maximum absolute atomic E-state index is 13.1. The van der Waals surface area contributed by atoms with Crippen LogP contribution in [0.3, 0.4) is 0 Å². The fourth-order valence-corrected chi connectivity index (χ4v) is 7.19. The minimum absolute atomic E-state index is 0.189. The van der Waals surface area contributed by atoms with Crippen LogP contribution in [0, 0.1) is 11.8 Å². The fraction of sp³-hybridized carbons (Fsp3) is 0.186. The van der Waals surface area contributed by atoms with E-state index in [0.717, 1.165) is 44.7 Å². The van der Waals surface area contributed by atoms with E-state index in [-0.39, 0.29) is 36.4 Å². The van der Waals surface area contributed by atoms with Gasteiger partial charge in [0.05, 0.1) is 16.2 Å². The molecule has 2 aliphatic heterocycles. The molecule has 56 heavy (non-hydrogen) atoms. The molecule has 1 unspecified atom stereocenters. The molecule has 1 atom stereocenters. The van der Waals surface area contributed by atoms with Crippen molar-refractivity contribution in [2.75, 3.05) is 20.6 Å². The third kappa shape index (κ3) is 7.50. The van der Waals surface area contributed by atoms with Gasteiger partial charge in [0.15, 0.2) is 6.29 Å². The highest BCUT2D eigenvalue weighted by atomic mass is 35.5. The van der Waals surface area contributed by atoms with Crippen LogP contribution in [0.15, 0.2) is 85.3 Å². The predicted octanol–water partition coefficient (Wildman–Crippen LogP) is 5.68. The number of benzene rings is 3. The predicted molar refractivity (Wildman–Crippen MR) is 214 cm³/mol. The number of amides is 4. The molecule has 13 heteroatoms. The summed E-state index contributed by atoms with van der Waals surface area (Å²) in [7, 11) is 3.75. The molecule has 0 bridgehead atoms. The number of hydrogen-bond donors (Lipinski definition) is 4. The van der Waals surface area contributed by atoms with Crippen molar-refractivity contribution >= 4 is 63.2 Å². The number of carbonyl (C=O) groups is 5. The van der Waals surface area contributed by atoms with Gasteiger partial charge in [-0.2, -0.15) is 0 Å². The third-order valence-corrected chi connectivity index (χ3v) is 9.91. The Morgan fingerprint density at radius 1 is 0.982 bits per heavy atom. The van der Waals surface area contributed by atoms with Crippen molar-refractivity contribution in [1.29, 1.82) is 0 Å². The van der Waals surface area contributed by atoms with E-state index in [1.54, 1.807) is 42.9 Å². The molecule has 0 aliphatic carbocycles. The zero-order valence-electron chi connectivity index (χ0n) is 30.5. The number of aromatic amines is 1. The number of aromatic nitrogens is 3. The van der Waals surface area contributed by atoms with Crippen molar-refractivity contribution in [2.45, 2.75) is 31.8 Å². The lowest BCUT2D eigenvalue weighted by atomic mass is 9.97. The van der Waals surface area contributed by atoms with Crippen molar-refractivity contribution in [3.8, 4) is 34.2 Å². The summed E-state index contributed by atoms with van der Waals surface area (Å²) in [5.41, 5.74) is 6.67. The number of carbonyl (C=O) groups excluding carboxylic acids is 5. The number of halogens is 1. The molecule has 3 aromatic carbocycles. The first kappa shape index (κ1) is 37.6. The summed E-state index contributed by atoms with van der Waals surface area (Å²) in [4.78, 5) is 75.1. The molecule has 4 amide bonds. The van der Waals surface area contributed by atoms with Crippen LogP contribution < -0.4 is 16.0 Å². The van der Waals surface area contributed by atoms with Crippen molar-refractivity contribution in [2.24, 2.45) is 0 Å². The lowest BCUT2D eigenvalue weighted by Crippen LogP contribution is -2.52. The maximum Gasteiger partial charge on any atom is 0.269 e. The maximum atomic E-state index is 13.1. The van der Waals surface area contributed by atoms with Gasteiger partial charge in [0.1, 0.15) is 11.7 Å². The van der Waals surface area contributed by atoms with E-state index in [9.17, 15) is 24.0 Å². The van der Waals surface area contributed by atoms with Gasteiger partial charge in [0, 0.05) is 77.5 Å². The number of piperidine rings is 1. The number of aldehydes is 1. The topological polar surface area (TPSA) is 166 Å².